The van der Waals surface area contributed by atoms with E-state index in [0.29, 0.717) is 13.0 Å². The molecular formula is C12H22O2. The lowest BCUT2D eigenvalue weighted by Gasteiger charge is -2.01. The molecule has 0 fully saturated rings. The summed E-state index contributed by atoms with van der Waals surface area (Å²) in [6.07, 6.45) is 9.82. The minimum absolute atomic E-state index is 0.0525. The number of hydrogen-bond acceptors (Lipinski definition) is 2. The molecule has 0 bridgehead atoms. The van der Waals surface area contributed by atoms with Gasteiger partial charge in [-0.25, -0.2) is 0 Å². The second-order valence-corrected chi connectivity index (χ2v) is 3.35. The first-order valence-corrected chi connectivity index (χ1v) is 5.61. The summed E-state index contributed by atoms with van der Waals surface area (Å²) in [5.41, 5.74) is 0. The van der Waals surface area contributed by atoms with E-state index in [1.165, 1.54) is 0 Å². The van der Waals surface area contributed by atoms with Crippen LogP contribution in [0.3, 0.4) is 0 Å². The Hall–Kier alpha value is -0.790. The minimum Gasteiger partial charge on any atom is -0.465 e. The molecule has 0 unspecified atom stereocenters. The van der Waals surface area contributed by atoms with Gasteiger partial charge in [0.2, 0.25) is 0 Å². The van der Waals surface area contributed by atoms with Gasteiger partial charge in [-0.3, -0.25) is 4.79 Å². The van der Waals surface area contributed by atoms with Gasteiger partial charge >= 0.3 is 5.97 Å². The normalized spacial score (nSPS) is 10.7. The molecule has 0 saturated heterocycles. The number of rotatable bonds is 8. The number of hydrogen-bond donors (Lipinski definition) is 0. The molecule has 14 heavy (non-hydrogen) atoms. The minimum atomic E-state index is -0.0525. The highest BCUT2D eigenvalue weighted by atomic mass is 16.5. The third-order valence-corrected chi connectivity index (χ3v) is 1.93. The van der Waals surface area contributed by atoms with Crippen molar-refractivity contribution in [3.8, 4) is 0 Å². The Morgan fingerprint density at radius 3 is 2.64 bits per heavy atom. The van der Waals surface area contributed by atoms with Crippen molar-refractivity contribution in [3.05, 3.63) is 12.2 Å². The highest BCUT2D eigenvalue weighted by molar-refractivity contribution is 5.69. The summed E-state index contributed by atoms with van der Waals surface area (Å²) in [6.45, 7) is 4.75. The molecule has 0 aliphatic heterocycles. The molecule has 0 heterocycles. The Balaban J connectivity index is 3.22. The lowest BCUT2D eigenvalue weighted by molar-refractivity contribution is -0.143. The van der Waals surface area contributed by atoms with Gasteiger partial charge in [-0.1, -0.05) is 38.8 Å². The quantitative estimate of drug-likeness (QED) is 0.339. The molecule has 0 N–H and O–H groups in total. The SMILES string of the molecule is CC/C=C/CCOC(=O)CCCCC. The Labute approximate surface area is 87.3 Å². The number of ether oxygens (including phenoxy) is 1. The zero-order valence-corrected chi connectivity index (χ0v) is 9.42. The second-order valence-electron chi connectivity index (χ2n) is 3.35. The van der Waals surface area contributed by atoms with Gasteiger partial charge in [0.1, 0.15) is 0 Å². The standard InChI is InChI=1S/C12H22O2/c1-3-5-7-9-11-14-12(13)10-8-6-4-2/h5,7H,3-4,6,8-11H2,1-2H3/b7-5+. The van der Waals surface area contributed by atoms with Crippen molar-refractivity contribution in [2.45, 2.75) is 52.4 Å². The first kappa shape index (κ1) is 13.2. The van der Waals surface area contributed by atoms with Gasteiger partial charge in [0.15, 0.2) is 0 Å². The van der Waals surface area contributed by atoms with E-state index in [1.807, 2.05) is 0 Å². The summed E-state index contributed by atoms with van der Waals surface area (Å²) in [4.78, 5) is 11.1. The third-order valence-electron chi connectivity index (χ3n) is 1.93. The zero-order chi connectivity index (χ0) is 10.6. The lowest BCUT2D eigenvalue weighted by atomic mass is 10.2. The predicted octanol–water partition coefficient (Wildman–Crippen LogP) is 3.47. The van der Waals surface area contributed by atoms with Crippen molar-refractivity contribution >= 4 is 5.97 Å². The van der Waals surface area contributed by atoms with E-state index in [9.17, 15) is 4.79 Å². The Morgan fingerprint density at radius 1 is 1.21 bits per heavy atom. The Kier molecular flexibility index (Phi) is 9.71. The third kappa shape index (κ3) is 9.30. The van der Waals surface area contributed by atoms with E-state index < -0.39 is 0 Å². The zero-order valence-electron chi connectivity index (χ0n) is 9.42. The molecular weight excluding hydrogens is 176 g/mol. The molecule has 82 valence electrons. The van der Waals surface area contributed by atoms with Crippen LogP contribution in [-0.4, -0.2) is 12.6 Å². The van der Waals surface area contributed by atoms with E-state index >= 15 is 0 Å². The maximum absolute atomic E-state index is 11.1. The molecule has 0 radical (unpaired) electrons. The fourth-order valence-corrected chi connectivity index (χ4v) is 1.12. The van der Waals surface area contributed by atoms with Gasteiger partial charge < -0.3 is 4.74 Å². The average Bonchev–Trinajstić information content (AvgIpc) is 2.18. The molecule has 2 heteroatoms. The molecule has 0 aliphatic carbocycles. The number of carbonyl (C=O) groups excluding carboxylic acids is 1. The summed E-state index contributed by atoms with van der Waals surface area (Å²) in [6, 6.07) is 0. The van der Waals surface area contributed by atoms with Crippen LogP contribution in [0, 0.1) is 0 Å². The molecule has 0 aromatic heterocycles. The van der Waals surface area contributed by atoms with Crippen molar-refractivity contribution in [2.75, 3.05) is 6.61 Å². The summed E-state index contributed by atoms with van der Waals surface area (Å²) >= 11 is 0. The van der Waals surface area contributed by atoms with E-state index in [-0.39, 0.29) is 5.97 Å². The van der Waals surface area contributed by atoms with E-state index in [0.717, 1.165) is 32.1 Å². The molecule has 0 aromatic carbocycles. The van der Waals surface area contributed by atoms with Gasteiger partial charge in [-0.2, -0.15) is 0 Å². The fourth-order valence-electron chi connectivity index (χ4n) is 1.12. The number of unbranched alkanes of at least 4 members (excludes halogenated alkanes) is 2. The number of allylic oxidation sites excluding steroid dienone is 1. The largest absolute Gasteiger partial charge is 0.465 e. The molecule has 0 atom stereocenters. The van der Waals surface area contributed by atoms with Gasteiger partial charge in [0.05, 0.1) is 6.61 Å². The molecule has 0 aliphatic rings. The van der Waals surface area contributed by atoms with Gasteiger partial charge in [-0.15, -0.1) is 0 Å². The van der Waals surface area contributed by atoms with Crippen LogP contribution in [-0.2, 0) is 9.53 Å². The fraction of sp³-hybridized carbons (Fsp3) is 0.750. The summed E-state index contributed by atoms with van der Waals surface area (Å²) in [7, 11) is 0. The molecule has 0 saturated carbocycles. The molecule has 2 nitrogen and oxygen atoms in total. The smallest absolute Gasteiger partial charge is 0.305 e. The predicted molar refractivity (Wildman–Crippen MR) is 59.1 cm³/mol. The monoisotopic (exact) mass is 198 g/mol. The summed E-state index contributed by atoms with van der Waals surface area (Å²) in [5.74, 6) is -0.0525. The summed E-state index contributed by atoms with van der Waals surface area (Å²) < 4.78 is 5.04. The topological polar surface area (TPSA) is 26.3 Å². The van der Waals surface area contributed by atoms with E-state index in [4.69, 9.17) is 4.74 Å². The van der Waals surface area contributed by atoms with Gasteiger partial charge in [0.25, 0.3) is 0 Å². The highest BCUT2D eigenvalue weighted by Gasteiger charge is 2.00. The Morgan fingerprint density at radius 2 is 2.00 bits per heavy atom. The summed E-state index contributed by atoms with van der Waals surface area (Å²) in [5, 5.41) is 0. The van der Waals surface area contributed by atoms with Crippen LogP contribution in [0.4, 0.5) is 0 Å². The Bertz CT molecular complexity index is 162. The second kappa shape index (κ2) is 10.3. The first-order chi connectivity index (χ1) is 6.81. The van der Waals surface area contributed by atoms with Crippen LogP contribution in [0.15, 0.2) is 12.2 Å². The maximum Gasteiger partial charge on any atom is 0.305 e. The van der Waals surface area contributed by atoms with Crippen molar-refractivity contribution in [3.63, 3.8) is 0 Å². The highest BCUT2D eigenvalue weighted by Crippen LogP contribution is 2.00. The van der Waals surface area contributed by atoms with E-state index in [2.05, 4.69) is 26.0 Å². The van der Waals surface area contributed by atoms with Crippen molar-refractivity contribution in [1.82, 2.24) is 0 Å². The first-order valence-electron chi connectivity index (χ1n) is 5.61. The van der Waals surface area contributed by atoms with Gasteiger partial charge in [-0.05, 0) is 19.3 Å². The van der Waals surface area contributed by atoms with Gasteiger partial charge in [0, 0.05) is 6.42 Å². The number of esters is 1. The average molecular weight is 198 g/mol. The van der Waals surface area contributed by atoms with Crippen LogP contribution in [0.2, 0.25) is 0 Å². The molecule has 0 aromatic rings. The van der Waals surface area contributed by atoms with E-state index in [1.54, 1.807) is 0 Å². The number of carbonyl (C=O) groups is 1. The van der Waals surface area contributed by atoms with Crippen LogP contribution < -0.4 is 0 Å². The maximum atomic E-state index is 11.1. The van der Waals surface area contributed by atoms with Crippen LogP contribution in [0.1, 0.15) is 52.4 Å². The van der Waals surface area contributed by atoms with Crippen molar-refractivity contribution in [1.29, 1.82) is 0 Å². The van der Waals surface area contributed by atoms with Crippen LogP contribution in [0.25, 0.3) is 0 Å². The lowest BCUT2D eigenvalue weighted by Crippen LogP contribution is -2.04. The van der Waals surface area contributed by atoms with Crippen molar-refractivity contribution in [2.24, 2.45) is 0 Å². The molecule has 0 rings (SSSR count). The van der Waals surface area contributed by atoms with Crippen molar-refractivity contribution < 1.29 is 9.53 Å². The molecule has 0 amide bonds. The van der Waals surface area contributed by atoms with Crippen LogP contribution >= 0.6 is 0 Å². The van der Waals surface area contributed by atoms with Crippen LogP contribution in [0.5, 0.6) is 0 Å². The molecule has 0 spiro atoms.